The highest BCUT2D eigenvalue weighted by Crippen LogP contribution is 2.24. The number of aromatic amines is 1. The van der Waals surface area contributed by atoms with Gasteiger partial charge in [0, 0.05) is 60.0 Å². The second kappa shape index (κ2) is 8.00. The van der Waals surface area contributed by atoms with Crippen LogP contribution in [0.4, 0.5) is 5.82 Å². The highest BCUT2D eigenvalue weighted by molar-refractivity contribution is 6.06. The normalized spacial score (nSPS) is 17.1. The second-order valence-corrected chi connectivity index (χ2v) is 7.43. The first-order chi connectivity index (χ1) is 13.7. The number of carbonyl (C=O) groups is 1. The van der Waals surface area contributed by atoms with E-state index in [0.29, 0.717) is 12.1 Å². The number of hydrogen-bond acceptors (Lipinski definition) is 4. The highest BCUT2D eigenvalue weighted by Gasteiger charge is 2.25. The fourth-order valence-corrected chi connectivity index (χ4v) is 4.02. The lowest BCUT2D eigenvalue weighted by molar-refractivity contribution is 0.0951. The quantitative estimate of drug-likeness (QED) is 0.712. The van der Waals surface area contributed by atoms with Gasteiger partial charge in [-0.3, -0.25) is 4.79 Å². The van der Waals surface area contributed by atoms with Crippen LogP contribution in [0.25, 0.3) is 10.9 Å². The van der Waals surface area contributed by atoms with E-state index in [-0.39, 0.29) is 11.9 Å². The molecule has 3 heterocycles. The van der Waals surface area contributed by atoms with Crippen molar-refractivity contribution in [2.24, 2.45) is 0 Å². The molecule has 28 heavy (non-hydrogen) atoms. The zero-order valence-corrected chi connectivity index (χ0v) is 16.5. The molecule has 3 aromatic rings. The number of fused-ring (bicyclic) bond motifs is 1. The topological polar surface area (TPSA) is 73.9 Å². The Morgan fingerprint density at radius 2 is 2.18 bits per heavy atom. The third kappa shape index (κ3) is 3.72. The Morgan fingerprint density at radius 1 is 1.29 bits per heavy atom. The molecule has 1 aliphatic rings. The Balaban J connectivity index is 1.50. The van der Waals surface area contributed by atoms with Gasteiger partial charge >= 0.3 is 0 Å². The van der Waals surface area contributed by atoms with Crippen molar-refractivity contribution in [1.82, 2.24) is 20.3 Å². The summed E-state index contributed by atoms with van der Waals surface area (Å²) in [5.41, 5.74) is 2.69. The maximum absolute atomic E-state index is 12.8. The number of H-pyrrole nitrogens is 1. The monoisotopic (exact) mass is 377 g/mol. The van der Waals surface area contributed by atoms with Crippen molar-refractivity contribution in [3.8, 4) is 0 Å². The van der Waals surface area contributed by atoms with Crippen LogP contribution in [0.1, 0.15) is 48.1 Å². The number of hydrogen-bond donors (Lipinski definition) is 2. The Labute approximate surface area is 165 Å². The highest BCUT2D eigenvalue weighted by atomic mass is 16.1. The molecule has 0 spiro atoms. The first-order valence-electron chi connectivity index (χ1n) is 10.1. The number of aromatic nitrogens is 3. The van der Waals surface area contributed by atoms with Crippen LogP contribution in [0, 0.1) is 6.92 Å². The molecule has 4 rings (SSSR count). The van der Waals surface area contributed by atoms with Gasteiger partial charge in [0.05, 0.1) is 0 Å². The predicted octanol–water partition coefficient (Wildman–Crippen LogP) is 3.62. The average Bonchev–Trinajstić information content (AvgIpc) is 3.20. The molecule has 0 unspecified atom stereocenters. The minimum atomic E-state index is -0.0242. The van der Waals surface area contributed by atoms with Crippen LogP contribution in [0.3, 0.4) is 0 Å². The number of aryl methyl sites for hydroxylation is 2. The Hall–Kier alpha value is -2.89. The van der Waals surface area contributed by atoms with Gasteiger partial charge in [-0.25, -0.2) is 9.97 Å². The molecule has 2 aromatic heterocycles. The number of piperidine rings is 1. The minimum Gasteiger partial charge on any atom is -0.361 e. The van der Waals surface area contributed by atoms with Gasteiger partial charge in [0.1, 0.15) is 11.6 Å². The van der Waals surface area contributed by atoms with Crippen LogP contribution < -0.4 is 10.2 Å². The molecule has 0 radical (unpaired) electrons. The second-order valence-electron chi connectivity index (χ2n) is 7.43. The molecule has 1 saturated heterocycles. The van der Waals surface area contributed by atoms with E-state index >= 15 is 0 Å². The van der Waals surface area contributed by atoms with Gasteiger partial charge in [-0.05, 0) is 44.4 Å². The van der Waals surface area contributed by atoms with E-state index in [4.69, 9.17) is 4.98 Å². The summed E-state index contributed by atoms with van der Waals surface area (Å²) < 4.78 is 0. The lowest BCUT2D eigenvalue weighted by atomic mass is 10.0. The summed E-state index contributed by atoms with van der Waals surface area (Å²) in [7, 11) is 0. The van der Waals surface area contributed by atoms with E-state index in [1.54, 1.807) is 0 Å². The van der Waals surface area contributed by atoms with E-state index < -0.39 is 0 Å². The smallest absolute Gasteiger partial charge is 0.252 e. The fraction of sp³-hybridized carbons (Fsp3) is 0.409. The molecule has 0 saturated carbocycles. The van der Waals surface area contributed by atoms with Crippen molar-refractivity contribution in [3.05, 3.63) is 53.6 Å². The lowest BCUT2D eigenvalue weighted by Gasteiger charge is -2.37. The van der Waals surface area contributed by atoms with Crippen LogP contribution >= 0.6 is 0 Å². The maximum atomic E-state index is 12.8. The number of carbonyl (C=O) groups excluding carboxylic acids is 1. The van der Waals surface area contributed by atoms with E-state index in [0.717, 1.165) is 54.0 Å². The molecule has 2 N–H and O–H groups in total. The molecule has 1 fully saturated rings. The number of anilines is 1. The molecule has 6 nitrogen and oxygen atoms in total. The molecule has 0 aliphatic carbocycles. The summed E-state index contributed by atoms with van der Waals surface area (Å²) in [6, 6.07) is 10.0. The largest absolute Gasteiger partial charge is 0.361 e. The van der Waals surface area contributed by atoms with Gasteiger partial charge < -0.3 is 15.2 Å². The molecule has 1 amide bonds. The number of benzene rings is 1. The van der Waals surface area contributed by atoms with E-state index in [9.17, 15) is 4.79 Å². The Kier molecular flexibility index (Phi) is 5.28. The minimum absolute atomic E-state index is 0.0242. The standard InChI is InChI=1S/C22H27N5O/c1-3-20-25-15(2)13-21(26-20)27-12-5-4-7-16(27)14-24-22(28)18-8-6-9-19-17(18)10-11-23-19/h6,8-11,13,16,23H,3-5,7,12,14H2,1-2H3,(H,24,28)/t16-/m1/s1. The average molecular weight is 377 g/mol. The van der Waals surface area contributed by atoms with Crippen molar-refractivity contribution in [1.29, 1.82) is 0 Å². The van der Waals surface area contributed by atoms with Gasteiger partial charge in [-0.2, -0.15) is 0 Å². The third-order valence-corrected chi connectivity index (χ3v) is 5.46. The van der Waals surface area contributed by atoms with Gasteiger partial charge in [0.2, 0.25) is 0 Å². The first-order valence-corrected chi connectivity index (χ1v) is 10.1. The third-order valence-electron chi connectivity index (χ3n) is 5.46. The predicted molar refractivity (Wildman–Crippen MR) is 112 cm³/mol. The SMILES string of the molecule is CCc1nc(C)cc(N2CCCC[C@@H]2CNC(=O)c2cccc3[nH]ccc23)n1. The summed E-state index contributed by atoms with van der Waals surface area (Å²) >= 11 is 0. The van der Waals surface area contributed by atoms with Crippen LogP contribution in [-0.2, 0) is 6.42 Å². The molecule has 1 aliphatic heterocycles. The maximum Gasteiger partial charge on any atom is 0.252 e. The summed E-state index contributed by atoms with van der Waals surface area (Å²) in [4.78, 5) is 27.6. The zero-order valence-electron chi connectivity index (χ0n) is 16.5. The molecule has 6 heteroatoms. The molecule has 1 aromatic carbocycles. The molecular formula is C22H27N5O. The summed E-state index contributed by atoms with van der Waals surface area (Å²) in [5, 5.41) is 4.11. The number of amides is 1. The van der Waals surface area contributed by atoms with Crippen LogP contribution in [0.5, 0.6) is 0 Å². The van der Waals surface area contributed by atoms with E-state index in [1.807, 2.05) is 37.4 Å². The Bertz CT molecular complexity index is 980. The van der Waals surface area contributed by atoms with Crippen molar-refractivity contribution < 1.29 is 4.79 Å². The van der Waals surface area contributed by atoms with Gasteiger partial charge in [-0.15, -0.1) is 0 Å². The summed E-state index contributed by atoms with van der Waals surface area (Å²) in [6.45, 7) is 5.67. The Morgan fingerprint density at radius 3 is 3.04 bits per heavy atom. The molecular weight excluding hydrogens is 350 g/mol. The van der Waals surface area contributed by atoms with Gasteiger partial charge in [0.25, 0.3) is 5.91 Å². The van der Waals surface area contributed by atoms with Crippen molar-refractivity contribution in [2.75, 3.05) is 18.0 Å². The van der Waals surface area contributed by atoms with E-state index in [2.05, 4.69) is 33.2 Å². The fourth-order valence-electron chi connectivity index (χ4n) is 4.02. The molecule has 146 valence electrons. The number of nitrogens with one attached hydrogen (secondary N) is 2. The molecule has 1 atom stereocenters. The van der Waals surface area contributed by atoms with E-state index in [1.165, 1.54) is 6.42 Å². The van der Waals surface area contributed by atoms with Gasteiger partial charge in [0.15, 0.2) is 0 Å². The summed E-state index contributed by atoms with van der Waals surface area (Å²) in [6.07, 6.45) is 6.07. The summed E-state index contributed by atoms with van der Waals surface area (Å²) in [5.74, 6) is 1.84. The van der Waals surface area contributed by atoms with Crippen LogP contribution in [-0.4, -0.2) is 40.0 Å². The molecule has 0 bridgehead atoms. The zero-order chi connectivity index (χ0) is 19.5. The van der Waals surface area contributed by atoms with Crippen molar-refractivity contribution in [2.45, 2.75) is 45.6 Å². The van der Waals surface area contributed by atoms with Crippen LogP contribution in [0.15, 0.2) is 36.5 Å². The van der Waals surface area contributed by atoms with Crippen molar-refractivity contribution >= 4 is 22.6 Å². The van der Waals surface area contributed by atoms with Crippen molar-refractivity contribution in [3.63, 3.8) is 0 Å². The number of nitrogens with zero attached hydrogens (tertiary/aromatic N) is 3. The van der Waals surface area contributed by atoms with Gasteiger partial charge in [-0.1, -0.05) is 13.0 Å². The van der Waals surface area contributed by atoms with Crippen LogP contribution in [0.2, 0.25) is 0 Å². The number of rotatable bonds is 5. The first kappa shape index (κ1) is 18.5. The lowest BCUT2D eigenvalue weighted by Crippen LogP contribution is -2.47.